The molecule has 0 spiro atoms. The molecule has 132 valence electrons. The van der Waals surface area contributed by atoms with Gasteiger partial charge in [-0.15, -0.1) is 6.58 Å². The highest BCUT2D eigenvalue weighted by molar-refractivity contribution is 5.89. The molecule has 0 heterocycles. The van der Waals surface area contributed by atoms with Gasteiger partial charge in [-0.2, -0.15) is 0 Å². The Morgan fingerprint density at radius 1 is 1.17 bits per heavy atom. The number of carbonyl (C=O) groups is 2. The van der Waals surface area contributed by atoms with Crippen LogP contribution in [-0.2, 0) is 9.59 Å². The highest BCUT2D eigenvalue weighted by Gasteiger charge is 2.31. The molecule has 0 aliphatic heterocycles. The number of carbonyl (C=O) groups excluding carboxylic acids is 2. The van der Waals surface area contributed by atoms with Crippen LogP contribution in [0.2, 0.25) is 0 Å². The zero-order chi connectivity index (χ0) is 17.1. The molecule has 2 atom stereocenters. The van der Waals surface area contributed by atoms with E-state index in [1.807, 2.05) is 6.08 Å². The van der Waals surface area contributed by atoms with Gasteiger partial charge in [0.2, 0.25) is 11.8 Å². The van der Waals surface area contributed by atoms with Crippen molar-refractivity contribution in [3.8, 4) is 0 Å². The van der Waals surface area contributed by atoms with Crippen LogP contribution in [-0.4, -0.2) is 30.9 Å². The maximum Gasteiger partial charge on any atom is 0.242 e. The number of nitrogens with one attached hydrogen (secondary N) is 2. The summed E-state index contributed by atoms with van der Waals surface area (Å²) in [5.41, 5.74) is 5.99. The molecule has 0 saturated heterocycles. The number of nitrogens with two attached hydrogens (primary N) is 1. The first-order chi connectivity index (χ1) is 11.1. The number of likely N-dealkylation sites (N-methyl/N-ethyl adjacent to an activating group) is 1. The van der Waals surface area contributed by atoms with Crippen molar-refractivity contribution in [1.29, 1.82) is 0 Å². The molecule has 0 radical (unpaired) electrons. The third-order valence-corrected chi connectivity index (χ3v) is 4.71. The molecule has 0 aromatic carbocycles. The Hall–Kier alpha value is -1.36. The number of hydrogen-bond donors (Lipinski definition) is 3. The molecule has 5 heteroatoms. The molecule has 0 bridgehead atoms. The summed E-state index contributed by atoms with van der Waals surface area (Å²) in [4.78, 5) is 24.4. The molecular formula is C18H33N3O2. The summed E-state index contributed by atoms with van der Waals surface area (Å²) in [6.45, 7) is 3.70. The van der Waals surface area contributed by atoms with E-state index in [0.29, 0.717) is 6.42 Å². The van der Waals surface area contributed by atoms with Gasteiger partial charge in [-0.3, -0.25) is 9.59 Å². The quantitative estimate of drug-likeness (QED) is 0.426. The van der Waals surface area contributed by atoms with Crippen molar-refractivity contribution in [1.82, 2.24) is 10.6 Å². The van der Waals surface area contributed by atoms with E-state index in [1.54, 1.807) is 7.05 Å². The van der Waals surface area contributed by atoms with Gasteiger partial charge in [0.1, 0.15) is 6.04 Å². The van der Waals surface area contributed by atoms with Crippen molar-refractivity contribution in [3.63, 3.8) is 0 Å². The van der Waals surface area contributed by atoms with Crippen molar-refractivity contribution in [2.45, 2.75) is 76.3 Å². The predicted octanol–water partition coefficient (Wildman–Crippen LogP) is 2.26. The zero-order valence-electron chi connectivity index (χ0n) is 14.5. The van der Waals surface area contributed by atoms with E-state index in [1.165, 1.54) is 6.42 Å². The minimum Gasteiger partial charge on any atom is -0.357 e. The first kappa shape index (κ1) is 19.7. The van der Waals surface area contributed by atoms with Gasteiger partial charge >= 0.3 is 0 Å². The minimum absolute atomic E-state index is 0.108. The fourth-order valence-electron chi connectivity index (χ4n) is 3.24. The van der Waals surface area contributed by atoms with E-state index in [-0.39, 0.29) is 17.7 Å². The Labute approximate surface area is 140 Å². The largest absolute Gasteiger partial charge is 0.357 e. The lowest BCUT2D eigenvalue weighted by atomic mass is 9.83. The lowest BCUT2D eigenvalue weighted by molar-refractivity contribution is -0.131. The number of hydrogen-bond acceptors (Lipinski definition) is 3. The minimum atomic E-state index is -0.533. The summed E-state index contributed by atoms with van der Waals surface area (Å²) < 4.78 is 0. The first-order valence-corrected chi connectivity index (χ1v) is 8.98. The smallest absolute Gasteiger partial charge is 0.242 e. The normalized spacial score (nSPS) is 18.0. The van der Waals surface area contributed by atoms with E-state index < -0.39 is 12.1 Å². The maximum atomic E-state index is 12.3. The molecule has 23 heavy (non-hydrogen) atoms. The molecule has 1 rings (SSSR count). The van der Waals surface area contributed by atoms with Gasteiger partial charge in [0.25, 0.3) is 0 Å². The third kappa shape index (κ3) is 7.16. The van der Waals surface area contributed by atoms with Crippen molar-refractivity contribution in [2.24, 2.45) is 11.7 Å². The summed E-state index contributed by atoms with van der Waals surface area (Å²) in [7, 11) is 1.61. The van der Waals surface area contributed by atoms with Gasteiger partial charge in [0.05, 0.1) is 6.04 Å². The molecule has 4 N–H and O–H groups in total. The first-order valence-electron chi connectivity index (χ1n) is 8.98. The highest BCUT2D eigenvalue weighted by Crippen LogP contribution is 2.26. The van der Waals surface area contributed by atoms with Gasteiger partial charge < -0.3 is 16.4 Å². The predicted molar refractivity (Wildman–Crippen MR) is 93.8 cm³/mol. The van der Waals surface area contributed by atoms with Crippen molar-refractivity contribution in [2.75, 3.05) is 7.05 Å². The zero-order valence-corrected chi connectivity index (χ0v) is 14.5. The Morgan fingerprint density at radius 2 is 1.87 bits per heavy atom. The third-order valence-electron chi connectivity index (χ3n) is 4.71. The lowest BCUT2D eigenvalue weighted by Crippen LogP contribution is -2.54. The maximum absolute atomic E-state index is 12.3. The molecule has 1 aliphatic rings. The number of amides is 2. The van der Waals surface area contributed by atoms with E-state index in [0.717, 1.165) is 51.4 Å². The van der Waals surface area contributed by atoms with E-state index in [2.05, 4.69) is 17.2 Å². The van der Waals surface area contributed by atoms with Crippen LogP contribution in [0.25, 0.3) is 0 Å². The van der Waals surface area contributed by atoms with Gasteiger partial charge in [0, 0.05) is 7.05 Å². The Morgan fingerprint density at radius 3 is 2.48 bits per heavy atom. The Balaban J connectivity index is 2.45. The Bertz CT molecular complexity index is 378. The fraction of sp³-hybridized carbons (Fsp3) is 0.778. The second-order valence-electron chi connectivity index (χ2n) is 6.53. The van der Waals surface area contributed by atoms with Gasteiger partial charge in [0.15, 0.2) is 0 Å². The number of rotatable bonds is 10. The van der Waals surface area contributed by atoms with Crippen LogP contribution in [0, 0.1) is 5.92 Å². The fourth-order valence-corrected chi connectivity index (χ4v) is 3.24. The standard InChI is InChI=1S/C18H33N3O2/c1-3-4-5-6-10-13-15(19)17(22)21-16(18(23)20-2)14-11-8-7-9-12-14/h3,14-16H,1,4-13,19H2,2H3,(H,20,23)(H,21,22)/t15-,16-/m0/s1. The highest BCUT2D eigenvalue weighted by atomic mass is 16.2. The molecule has 0 aromatic heterocycles. The molecule has 1 saturated carbocycles. The average Bonchev–Trinajstić information content (AvgIpc) is 2.59. The second-order valence-corrected chi connectivity index (χ2v) is 6.53. The lowest BCUT2D eigenvalue weighted by Gasteiger charge is -2.30. The second kappa shape index (κ2) is 11.2. The summed E-state index contributed by atoms with van der Waals surface area (Å²) in [6, 6.07) is -0.978. The van der Waals surface area contributed by atoms with E-state index in [4.69, 9.17) is 5.73 Å². The molecule has 5 nitrogen and oxygen atoms in total. The van der Waals surface area contributed by atoms with Crippen LogP contribution in [0.1, 0.15) is 64.2 Å². The van der Waals surface area contributed by atoms with Gasteiger partial charge in [-0.05, 0) is 38.0 Å². The van der Waals surface area contributed by atoms with Crippen LogP contribution < -0.4 is 16.4 Å². The average molecular weight is 323 g/mol. The SMILES string of the molecule is C=CCCCCC[C@H](N)C(=O)N[C@H](C(=O)NC)C1CCCCC1. The molecule has 0 unspecified atom stereocenters. The van der Waals surface area contributed by atoms with E-state index >= 15 is 0 Å². The van der Waals surface area contributed by atoms with Crippen molar-refractivity contribution >= 4 is 11.8 Å². The van der Waals surface area contributed by atoms with E-state index in [9.17, 15) is 9.59 Å². The van der Waals surface area contributed by atoms with Crippen molar-refractivity contribution < 1.29 is 9.59 Å². The van der Waals surface area contributed by atoms with Crippen LogP contribution >= 0.6 is 0 Å². The van der Waals surface area contributed by atoms with Crippen LogP contribution in [0.4, 0.5) is 0 Å². The molecule has 2 amide bonds. The molecule has 0 aromatic rings. The summed E-state index contributed by atoms with van der Waals surface area (Å²) in [5.74, 6) is -0.0798. The number of allylic oxidation sites excluding steroid dienone is 1. The molecular weight excluding hydrogens is 290 g/mol. The van der Waals surface area contributed by atoms with Crippen molar-refractivity contribution in [3.05, 3.63) is 12.7 Å². The van der Waals surface area contributed by atoms with Crippen LogP contribution in [0.15, 0.2) is 12.7 Å². The number of unbranched alkanes of at least 4 members (excludes halogenated alkanes) is 3. The monoisotopic (exact) mass is 323 g/mol. The molecule has 1 aliphatic carbocycles. The van der Waals surface area contributed by atoms with Crippen LogP contribution in [0.5, 0.6) is 0 Å². The summed E-state index contributed by atoms with van der Waals surface area (Å²) in [5, 5.41) is 5.57. The van der Waals surface area contributed by atoms with Gasteiger partial charge in [-0.25, -0.2) is 0 Å². The molecule has 1 fully saturated rings. The summed E-state index contributed by atoms with van der Waals surface area (Å²) >= 11 is 0. The topological polar surface area (TPSA) is 84.2 Å². The van der Waals surface area contributed by atoms with Crippen LogP contribution in [0.3, 0.4) is 0 Å². The van der Waals surface area contributed by atoms with Gasteiger partial charge in [-0.1, -0.05) is 38.2 Å². The Kier molecular flexibility index (Phi) is 9.60. The summed E-state index contributed by atoms with van der Waals surface area (Å²) in [6.07, 6.45) is 12.1.